The summed E-state index contributed by atoms with van der Waals surface area (Å²) < 4.78 is 9.65. The topological polar surface area (TPSA) is 52.6 Å². The van der Waals surface area contributed by atoms with Gasteiger partial charge in [-0.15, -0.1) is 0 Å². The molecule has 0 unspecified atom stereocenters. The molecule has 0 aromatic rings. The molecule has 0 aromatic heterocycles. The Hall–Kier alpha value is -1.32. The third-order valence-electron chi connectivity index (χ3n) is 1.97. The quantitative estimate of drug-likeness (QED) is 0.491. The lowest BCUT2D eigenvalue weighted by Crippen LogP contribution is -2.25. The van der Waals surface area contributed by atoms with Crippen LogP contribution in [0.4, 0.5) is 0 Å². The molecule has 0 saturated carbocycles. The highest BCUT2D eigenvalue weighted by Crippen LogP contribution is 2.26. The van der Waals surface area contributed by atoms with E-state index in [4.69, 9.17) is 9.47 Å². The maximum absolute atomic E-state index is 11.8. The van der Waals surface area contributed by atoms with Crippen LogP contribution in [-0.4, -0.2) is 25.5 Å². The Bertz CT molecular complexity index is 307. The summed E-state index contributed by atoms with van der Waals surface area (Å²) in [6.45, 7) is 5.32. The number of carbonyl (C=O) groups excluding carboxylic acids is 2. The average molecular weight is 198 g/mol. The molecule has 0 aromatic carbocycles. The Balaban J connectivity index is 3.06. The summed E-state index contributed by atoms with van der Waals surface area (Å²) >= 11 is 0. The lowest BCUT2D eigenvalue weighted by atomic mass is 9.86. The molecule has 0 fully saturated rings. The normalized spacial score (nSPS) is 17.0. The van der Waals surface area contributed by atoms with Gasteiger partial charge in [-0.25, -0.2) is 4.79 Å². The fourth-order valence-electron chi connectivity index (χ4n) is 1.14. The molecule has 0 saturated heterocycles. The van der Waals surface area contributed by atoms with Gasteiger partial charge in [0.2, 0.25) is 0 Å². The number of hydrogen-bond donors (Lipinski definition) is 0. The maximum Gasteiger partial charge on any atom is 0.345 e. The lowest BCUT2D eigenvalue weighted by molar-refractivity contribution is -0.138. The summed E-state index contributed by atoms with van der Waals surface area (Å²) in [6, 6.07) is 0. The van der Waals surface area contributed by atoms with Gasteiger partial charge in [-0.3, -0.25) is 4.79 Å². The lowest BCUT2D eigenvalue weighted by Gasteiger charge is -2.16. The number of methoxy groups -OCH3 is 1. The molecule has 0 amide bonds. The van der Waals surface area contributed by atoms with Crippen LogP contribution in [0.3, 0.4) is 0 Å². The fourth-order valence-corrected chi connectivity index (χ4v) is 1.14. The van der Waals surface area contributed by atoms with Gasteiger partial charge in [-0.1, -0.05) is 20.8 Å². The minimum atomic E-state index is -0.595. The van der Waals surface area contributed by atoms with Crippen LogP contribution in [0.15, 0.2) is 11.3 Å². The van der Waals surface area contributed by atoms with E-state index in [2.05, 4.69) is 0 Å². The zero-order chi connectivity index (χ0) is 10.9. The summed E-state index contributed by atoms with van der Waals surface area (Å²) in [5, 5.41) is 0. The second-order valence-electron chi connectivity index (χ2n) is 4.16. The number of hydrogen-bond acceptors (Lipinski definition) is 4. The summed E-state index contributed by atoms with van der Waals surface area (Å²) in [7, 11) is 1.42. The first kappa shape index (κ1) is 10.8. The highest BCUT2D eigenvalue weighted by molar-refractivity contribution is 6.20. The van der Waals surface area contributed by atoms with Crippen molar-refractivity contribution in [1.29, 1.82) is 0 Å². The zero-order valence-corrected chi connectivity index (χ0v) is 8.84. The van der Waals surface area contributed by atoms with Crippen LogP contribution in [0.1, 0.15) is 20.8 Å². The molecule has 4 heteroatoms. The van der Waals surface area contributed by atoms with Gasteiger partial charge >= 0.3 is 5.97 Å². The first-order valence-electron chi connectivity index (χ1n) is 4.37. The van der Waals surface area contributed by atoms with Crippen molar-refractivity contribution < 1.29 is 19.1 Å². The van der Waals surface area contributed by atoms with E-state index in [1.165, 1.54) is 7.11 Å². The molecule has 0 N–H and O–H groups in total. The largest absolute Gasteiger partial charge is 0.496 e. The van der Waals surface area contributed by atoms with Crippen molar-refractivity contribution in [2.75, 3.05) is 13.7 Å². The Morgan fingerprint density at radius 2 is 2.00 bits per heavy atom. The molecule has 1 aliphatic heterocycles. The standard InChI is InChI=1S/C10H14O4/c1-10(2,3)8(11)7-6(13-4)5-14-9(7)12/h5H2,1-4H3. The second-order valence-corrected chi connectivity index (χ2v) is 4.16. The van der Waals surface area contributed by atoms with Gasteiger partial charge in [0.15, 0.2) is 11.5 Å². The van der Waals surface area contributed by atoms with Gasteiger partial charge in [0.05, 0.1) is 7.11 Å². The number of ketones is 1. The van der Waals surface area contributed by atoms with Crippen LogP contribution in [0, 0.1) is 5.41 Å². The maximum atomic E-state index is 11.8. The van der Waals surface area contributed by atoms with E-state index >= 15 is 0 Å². The van der Waals surface area contributed by atoms with Crippen molar-refractivity contribution in [3.8, 4) is 0 Å². The van der Waals surface area contributed by atoms with Crippen LogP contribution in [-0.2, 0) is 19.1 Å². The van der Waals surface area contributed by atoms with Crippen molar-refractivity contribution in [2.45, 2.75) is 20.8 Å². The highest BCUT2D eigenvalue weighted by atomic mass is 16.6. The minimum absolute atomic E-state index is 0.0556. The Labute approximate surface area is 82.9 Å². The Morgan fingerprint density at radius 1 is 1.43 bits per heavy atom. The number of carbonyl (C=O) groups is 2. The number of cyclic esters (lactones) is 1. The van der Waals surface area contributed by atoms with Gasteiger partial charge < -0.3 is 9.47 Å². The van der Waals surface area contributed by atoms with Crippen LogP contribution in [0.2, 0.25) is 0 Å². The monoisotopic (exact) mass is 198 g/mol. The predicted molar refractivity (Wildman–Crippen MR) is 49.5 cm³/mol. The molecular weight excluding hydrogens is 184 g/mol. The molecule has 1 rings (SSSR count). The van der Waals surface area contributed by atoms with E-state index in [0.29, 0.717) is 5.76 Å². The summed E-state index contributed by atoms with van der Waals surface area (Å²) in [5.41, 5.74) is -0.539. The predicted octanol–water partition coefficient (Wildman–Crippen LogP) is 1.06. The molecule has 0 atom stereocenters. The van der Waals surface area contributed by atoms with Crippen LogP contribution in [0.25, 0.3) is 0 Å². The molecule has 1 heterocycles. The molecule has 0 radical (unpaired) electrons. The molecular formula is C10H14O4. The van der Waals surface area contributed by atoms with E-state index in [-0.39, 0.29) is 18.0 Å². The van der Waals surface area contributed by atoms with Crippen molar-refractivity contribution >= 4 is 11.8 Å². The fraction of sp³-hybridized carbons (Fsp3) is 0.600. The van der Waals surface area contributed by atoms with Gasteiger partial charge in [0.1, 0.15) is 12.2 Å². The minimum Gasteiger partial charge on any atom is -0.496 e. The Kier molecular flexibility index (Phi) is 2.64. The van der Waals surface area contributed by atoms with Crippen LogP contribution in [0.5, 0.6) is 0 Å². The van der Waals surface area contributed by atoms with Crippen LogP contribution >= 0.6 is 0 Å². The van der Waals surface area contributed by atoms with Gasteiger partial charge in [0, 0.05) is 5.41 Å². The van der Waals surface area contributed by atoms with Crippen molar-refractivity contribution in [3.05, 3.63) is 11.3 Å². The third kappa shape index (κ3) is 1.78. The molecule has 14 heavy (non-hydrogen) atoms. The molecule has 0 spiro atoms. The van der Waals surface area contributed by atoms with Crippen LogP contribution < -0.4 is 0 Å². The van der Waals surface area contributed by atoms with E-state index in [9.17, 15) is 9.59 Å². The summed E-state index contributed by atoms with van der Waals surface area (Å²) in [6.07, 6.45) is 0. The molecule has 1 aliphatic rings. The highest BCUT2D eigenvalue weighted by Gasteiger charge is 2.37. The number of Topliss-reactive ketones (excluding diaryl/α,β-unsaturated/α-hetero) is 1. The first-order chi connectivity index (χ1) is 6.38. The molecule has 0 aliphatic carbocycles. The number of ether oxygens (including phenoxy) is 2. The van der Waals surface area contributed by atoms with E-state index in [1.807, 2.05) is 0 Å². The SMILES string of the molecule is COC1=C(C(=O)C(C)(C)C)C(=O)OC1. The molecule has 4 nitrogen and oxygen atoms in total. The van der Waals surface area contributed by atoms with Crippen molar-refractivity contribution in [1.82, 2.24) is 0 Å². The van der Waals surface area contributed by atoms with E-state index in [0.717, 1.165) is 0 Å². The smallest absolute Gasteiger partial charge is 0.345 e. The summed E-state index contributed by atoms with van der Waals surface area (Å²) in [4.78, 5) is 23.1. The average Bonchev–Trinajstić information content (AvgIpc) is 2.43. The van der Waals surface area contributed by atoms with Gasteiger partial charge in [0.25, 0.3) is 0 Å². The number of rotatable bonds is 2. The molecule has 0 bridgehead atoms. The summed E-state index contributed by atoms with van der Waals surface area (Å²) in [5.74, 6) is -0.492. The molecule has 78 valence electrons. The third-order valence-corrected chi connectivity index (χ3v) is 1.97. The van der Waals surface area contributed by atoms with Crippen molar-refractivity contribution in [2.24, 2.45) is 5.41 Å². The van der Waals surface area contributed by atoms with E-state index in [1.54, 1.807) is 20.8 Å². The second kappa shape index (κ2) is 3.44. The zero-order valence-electron chi connectivity index (χ0n) is 8.84. The van der Waals surface area contributed by atoms with Gasteiger partial charge in [-0.05, 0) is 0 Å². The Morgan fingerprint density at radius 3 is 2.43 bits per heavy atom. The first-order valence-corrected chi connectivity index (χ1v) is 4.37. The van der Waals surface area contributed by atoms with Crippen molar-refractivity contribution in [3.63, 3.8) is 0 Å². The van der Waals surface area contributed by atoms with E-state index < -0.39 is 11.4 Å². The number of esters is 1. The van der Waals surface area contributed by atoms with Gasteiger partial charge in [-0.2, -0.15) is 0 Å².